The maximum absolute atomic E-state index is 12.4. The number of nitrogens with one attached hydrogen (secondary N) is 2. The standard InChI is InChI=1S/C19H19N5O2/c1-13(25)22-14-6-5-7-15(10-14)23-18(26)11-24(2)19-16-8-3-4-9-17(16)20-12-21-19/h3-10,12H,11H2,1-2H3,(H,22,25)(H,23,26). The first-order valence-corrected chi connectivity index (χ1v) is 8.11. The van der Waals surface area contributed by atoms with Crippen LogP contribution in [0.25, 0.3) is 10.9 Å². The zero-order valence-corrected chi connectivity index (χ0v) is 14.6. The van der Waals surface area contributed by atoms with Gasteiger partial charge in [0.2, 0.25) is 11.8 Å². The van der Waals surface area contributed by atoms with E-state index in [1.807, 2.05) is 31.3 Å². The summed E-state index contributed by atoms with van der Waals surface area (Å²) in [4.78, 5) is 33.8. The summed E-state index contributed by atoms with van der Waals surface area (Å²) >= 11 is 0. The molecule has 0 spiro atoms. The molecule has 132 valence electrons. The van der Waals surface area contributed by atoms with Crippen molar-refractivity contribution in [2.24, 2.45) is 0 Å². The molecule has 0 fully saturated rings. The van der Waals surface area contributed by atoms with Crippen LogP contribution in [0.2, 0.25) is 0 Å². The van der Waals surface area contributed by atoms with Crippen molar-refractivity contribution in [3.05, 3.63) is 54.9 Å². The molecule has 2 N–H and O–H groups in total. The van der Waals surface area contributed by atoms with Crippen LogP contribution in [0.1, 0.15) is 6.92 Å². The molecule has 0 saturated heterocycles. The number of aromatic nitrogens is 2. The van der Waals surface area contributed by atoms with Crippen molar-refractivity contribution < 1.29 is 9.59 Å². The third-order valence-corrected chi connectivity index (χ3v) is 3.73. The lowest BCUT2D eigenvalue weighted by Crippen LogP contribution is -2.30. The highest BCUT2D eigenvalue weighted by Crippen LogP contribution is 2.21. The molecule has 0 atom stereocenters. The van der Waals surface area contributed by atoms with E-state index in [4.69, 9.17) is 0 Å². The van der Waals surface area contributed by atoms with Crippen LogP contribution in [0.3, 0.4) is 0 Å². The number of hydrogen-bond donors (Lipinski definition) is 2. The highest BCUT2D eigenvalue weighted by atomic mass is 16.2. The Morgan fingerprint density at radius 1 is 1.00 bits per heavy atom. The van der Waals surface area contributed by atoms with Crippen LogP contribution in [-0.4, -0.2) is 35.4 Å². The first-order valence-electron chi connectivity index (χ1n) is 8.11. The first kappa shape index (κ1) is 17.3. The van der Waals surface area contributed by atoms with Crippen molar-refractivity contribution in [1.29, 1.82) is 0 Å². The summed E-state index contributed by atoms with van der Waals surface area (Å²) in [6, 6.07) is 14.7. The van der Waals surface area contributed by atoms with E-state index in [1.165, 1.54) is 13.3 Å². The predicted octanol–water partition coefficient (Wildman–Crippen LogP) is 2.66. The van der Waals surface area contributed by atoms with Crippen LogP contribution in [0, 0.1) is 0 Å². The highest BCUT2D eigenvalue weighted by molar-refractivity contribution is 5.97. The smallest absolute Gasteiger partial charge is 0.243 e. The zero-order chi connectivity index (χ0) is 18.5. The summed E-state index contributed by atoms with van der Waals surface area (Å²) in [6.45, 7) is 1.57. The second kappa shape index (κ2) is 7.60. The number of carbonyl (C=O) groups is 2. The molecular weight excluding hydrogens is 330 g/mol. The fourth-order valence-electron chi connectivity index (χ4n) is 2.66. The SMILES string of the molecule is CC(=O)Nc1cccc(NC(=O)CN(C)c2ncnc3ccccc23)c1. The van der Waals surface area contributed by atoms with Gasteiger partial charge in [0.1, 0.15) is 12.1 Å². The molecule has 0 saturated carbocycles. The number of carbonyl (C=O) groups excluding carboxylic acids is 2. The maximum atomic E-state index is 12.4. The van der Waals surface area contributed by atoms with Gasteiger partial charge in [-0.3, -0.25) is 9.59 Å². The monoisotopic (exact) mass is 349 g/mol. The molecule has 7 nitrogen and oxygen atoms in total. The van der Waals surface area contributed by atoms with Gasteiger partial charge in [-0.15, -0.1) is 0 Å². The Balaban J connectivity index is 1.70. The molecule has 7 heteroatoms. The van der Waals surface area contributed by atoms with Gasteiger partial charge < -0.3 is 15.5 Å². The van der Waals surface area contributed by atoms with Crippen molar-refractivity contribution in [3.8, 4) is 0 Å². The summed E-state index contributed by atoms with van der Waals surface area (Å²) in [5, 5.41) is 6.40. The van der Waals surface area contributed by atoms with E-state index in [9.17, 15) is 9.59 Å². The van der Waals surface area contributed by atoms with E-state index in [0.29, 0.717) is 17.2 Å². The van der Waals surface area contributed by atoms with E-state index in [0.717, 1.165) is 10.9 Å². The molecular formula is C19H19N5O2. The van der Waals surface area contributed by atoms with Gasteiger partial charge >= 0.3 is 0 Å². The van der Waals surface area contributed by atoms with Gasteiger partial charge in [0.15, 0.2) is 0 Å². The zero-order valence-electron chi connectivity index (χ0n) is 14.6. The number of likely N-dealkylation sites (N-methyl/N-ethyl adjacent to an activating group) is 1. The Bertz CT molecular complexity index is 952. The van der Waals surface area contributed by atoms with Crippen molar-refractivity contribution in [2.75, 3.05) is 29.1 Å². The minimum atomic E-state index is -0.185. The number of nitrogens with zero attached hydrogens (tertiary/aromatic N) is 3. The number of benzene rings is 2. The lowest BCUT2D eigenvalue weighted by Gasteiger charge is -2.19. The molecule has 3 aromatic rings. The molecule has 2 aromatic carbocycles. The van der Waals surface area contributed by atoms with E-state index in [2.05, 4.69) is 20.6 Å². The van der Waals surface area contributed by atoms with Crippen molar-refractivity contribution in [3.63, 3.8) is 0 Å². The van der Waals surface area contributed by atoms with Crippen molar-refractivity contribution >= 4 is 39.9 Å². The Kier molecular flexibility index (Phi) is 5.07. The normalized spacial score (nSPS) is 10.4. The minimum absolute atomic E-state index is 0.130. The summed E-state index contributed by atoms with van der Waals surface area (Å²) in [5.41, 5.74) is 2.07. The molecule has 0 aliphatic rings. The molecule has 0 bridgehead atoms. The lowest BCUT2D eigenvalue weighted by molar-refractivity contribution is -0.115. The molecule has 0 aliphatic carbocycles. The largest absolute Gasteiger partial charge is 0.350 e. The Labute approximate surface area is 151 Å². The van der Waals surface area contributed by atoms with Crippen LogP contribution >= 0.6 is 0 Å². The highest BCUT2D eigenvalue weighted by Gasteiger charge is 2.12. The number of rotatable bonds is 5. The molecule has 0 aliphatic heterocycles. The van der Waals surface area contributed by atoms with Crippen LogP contribution < -0.4 is 15.5 Å². The third kappa shape index (κ3) is 4.13. The second-order valence-corrected chi connectivity index (χ2v) is 5.88. The average molecular weight is 349 g/mol. The van der Waals surface area contributed by atoms with Crippen LogP contribution in [0.5, 0.6) is 0 Å². The molecule has 26 heavy (non-hydrogen) atoms. The van der Waals surface area contributed by atoms with E-state index in [-0.39, 0.29) is 18.4 Å². The fourth-order valence-corrected chi connectivity index (χ4v) is 2.66. The number of fused-ring (bicyclic) bond motifs is 1. The molecule has 3 rings (SSSR count). The Hall–Kier alpha value is -3.48. The molecule has 2 amide bonds. The predicted molar refractivity (Wildman–Crippen MR) is 102 cm³/mol. The summed E-state index contributed by atoms with van der Waals surface area (Å²) < 4.78 is 0. The van der Waals surface area contributed by atoms with Crippen LogP contribution in [-0.2, 0) is 9.59 Å². The van der Waals surface area contributed by atoms with Gasteiger partial charge in [-0.2, -0.15) is 0 Å². The summed E-state index contributed by atoms with van der Waals surface area (Å²) in [7, 11) is 1.81. The van der Waals surface area contributed by atoms with Gasteiger partial charge in [0, 0.05) is 30.7 Å². The minimum Gasteiger partial charge on any atom is -0.350 e. The van der Waals surface area contributed by atoms with Gasteiger partial charge in [0.25, 0.3) is 0 Å². The second-order valence-electron chi connectivity index (χ2n) is 5.88. The Morgan fingerprint density at radius 2 is 1.73 bits per heavy atom. The van der Waals surface area contributed by atoms with E-state index >= 15 is 0 Å². The van der Waals surface area contributed by atoms with Crippen LogP contribution in [0.4, 0.5) is 17.2 Å². The quantitative estimate of drug-likeness (QED) is 0.739. The average Bonchev–Trinajstić information content (AvgIpc) is 2.60. The number of amides is 2. The number of anilines is 3. The summed E-state index contributed by atoms with van der Waals surface area (Å²) in [5.74, 6) is 0.344. The third-order valence-electron chi connectivity index (χ3n) is 3.73. The van der Waals surface area contributed by atoms with Gasteiger partial charge in [0.05, 0.1) is 12.1 Å². The molecule has 0 radical (unpaired) electrons. The first-order chi connectivity index (χ1) is 12.5. The maximum Gasteiger partial charge on any atom is 0.243 e. The van der Waals surface area contributed by atoms with Crippen LogP contribution in [0.15, 0.2) is 54.9 Å². The van der Waals surface area contributed by atoms with E-state index < -0.39 is 0 Å². The van der Waals surface area contributed by atoms with Gasteiger partial charge in [-0.1, -0.05) is 18.2 Å². The van der Waals surface area contributed by atoms with Crippen molar-refractivity contribution in [2.45, 2.75) is 6.92 Å². The van der Waals surface area contributed by atoms with E-state index in [1.54, 1.807) is 29.2 Å². The Morgan fingerprint density at radius 3 is 2.50 bits per heavy atom. The fraction of sp³-hybridized carbons (Fsp3) is 0.158. The van der Waals surface area contributed by atoms with Gasteiger partial charge in [-0.25, -0.2) is 9.97 Å². The number of hydrogen-bond acceptors (Lipinski definition) is 5. The summed E-state index contributed by atoms with van der Waals surface area (Å²) in [6.07, 6.45) is 1.49. The van der Waals surface area contributed by atoms with Gasteiger partial charge in [-0.05, 0) is 30.3 Å². The molecule has 1 aromatic heterocycles. The molecule has 0 unspecified atom stereocenters. The molecule has 1 heterocycles. The topological polar surface area (TPSA) is 87.2 Å². The number of para-hydroxylation sites is 1. The lowest BCUT2D eigenvalue weighted by atomic mass is 10.2. The van der Waals surface area contributed by atoms with Crippen molar-refractivity contribution in [1.82, 2.24) is 9.97 Å².